The minimum Gasteiger partial charge on any atom is -0.493 e. The normalized spacial score (nSPS) is 12.9. The SMILES string of the molecule is COc1ccc(C(O)CC(Nc2ccc(Cl)cc2)c2ccc(Cl)c(Cl)c2)cc1OC. The molecule has 0 heterocycles. The summed E-state index contributed by atoms with van der Waals surface area (Å²) in [5.41, 5.74) is 2.49. The van der Waals surface area contributed by atoms with E-state index in [0.717, 1.165) is 16.8 Å². The van der Waals surface area contributed by atoms with Gasteiger partial charge in [0.25, 0.3) is 0 Å². The molecule has 0 amide bonds. The summed E-state index contributed by atoms with van der Waals surface area (Å²) in [7, 11) is 3.14. The van der Waals surface area contributed by atoms with E-state index in [1.807, 2.05) is 24.3 Å². The van der Waals surface area contributed by atoms with Crippen LogP contribution in [-0.2, 0) is 0 Å². The third kappa shape index (κ3) is 5.52. The van der Waals surface area contributed by atoms with Gasteiger partial charge in [-0.25, -0.2) is 0 Å². The Hall–Kier alpha value is -2.11. The van der Waals surface area contributed by atoms with E-state index in [-0.39, 0.29) is 6.04 Å². The topological polar surface area (TPSA) is 50.7 Å². The Kier molecular flexibility index (Phi) is 7.73. The van der Waals surface area contributed by atoms with E-state index >= 15 is 0 Å². The van der Waals surface area contributed by atoms with Gasteiger partial charge in [-0.15, -0.1) is 0 Å². The first-order valence-electron chi connectivity index (χ1n) is 9.28. The smallest absolute Gasteiger partial charge is 0.161 e. The molecular formula is C23H22Cl3NO3. The molecule has 30 heavy (non-hydrogen) atoms. The molecule has 0 aliphatic heterocycles. The third-order valence-electron chi connectivity index (χ3n) is 4.78. The summed E-state index contributed by atoms with van der Waals surface area (Å²) < 4.78 is 10.6. The van der Waals surface area contributed by atoms with Crippen LogP contribution in [0.3, 0.4) is 0 Å². The summed E-state index contributed by atoms with van der Waals surface area (Å²) in [5, 5.41) is 16.0. The van der Waals surface area contributed by atoms with Gasteiger partial charge in [0, 0.05) is 17.1 Å². The number of halogens is 3. The number of aliphatic hydroxyl groups is 1. The van der Waals surface area contributed by atoms with Crippen molar-refractivity contribution in [1.82, 2.24) is 0 Å². The average Bonchev–Trinajstić information content (AvgIpc) is 2.76. The van der Waals surface area contributed by atoms with Gasteiger partial charge >= 0.3 is 0 Å². The Morgan fingerprint density at radius 2 is 1.47 bits per heavy atom. The van der Waals surface area contributed by atoms with E-state index < -0.39 is 6.10 Å². The van der Waals surface area contributed by atoms with Crippen molar-refractivity contribution in [1.29, 1.82) is 0 Å². The zero-order chi connectivity index (χ0) is 21.7. The number of rotatable bonds is 8. The van der Waals surface area contributed by atoms with Gasteiger partial charge in [0.15, 0.2) is 11.5 Å². The van der Waals surface area contributed by atoms with Crippen molar-refractivity contribution in [3.8, 4) is 11.5 Å². The first-order chi connectivity index (χ1) is 14.4. The summed E-state index contributed by atoms with van der Waals surface area (Å²) in [4.78, 5) is 0. The summed E-state index contributed by atoms with van der Waals surface area (Å²) in [6.45, 7) is 0. The minimum absolute atomic E-state index is 0.232. The lowest BCUT2D eigenvalue weighted by Gasteiger charge is -2.24. The van der Waals surface area contributed by atoms with Gasteiger partial charge in [-0.1, -0.05) is 46.9 Å². The quantitative estimate of drug-likeness (QED) is 0.377. The lowest BCUT2D eigenvalue weighted by Crippen LogP contribution is -2.15. The molecule has 2 atom stereocenters. The second-order valence-electron chi connectivity index (χ2n) is 6.74. The van der Waals surface area contributed by atoms with Gasteiger partial charge in [-0.05, 0) is 59.7 Å². The van der Waals surface area contributed by atoms with E-state index in [0.29, 0.717) is 33.0 Å². The molecule has 0 saturated heterocycles. The second-order valence-corrected chi connectivity index (χ2v) is 7.99. The number of hydrogen-bond donors (Lipinski definition) is 2. The molecule has 0 aromatic heterocycles. The number of anilines is 1. The number of aliphatic hydroxyl groups excluding tert-OH is 1. The Labute approximate surface area is 191 Å². The monoisotopic (exact) mass is 465 g/mol. The Balaban J connectivity index is 1.89. The first-order valence-corrected chi connectivity index (χ1v) is 10.4. The molecule has 4 nitrogen and oxygen atoms in total. The second kappa shape index (κ2) is 10.3. The van der Waals surface area contributed by atoms with Crippen molar-refractivity contribution in [2.75, 3.05) is 19.5 Å². The molecule has 0 fully saturated rings. The molecule has 3 rings (SSSR count). The number of methoxy groups -OCH3 is 2. The Morgan fingerprint density at radius 1 is 0.800 bits per heavy atom. The molecule has 2 unspecified atom stereocenters. The number of nitrogens with one attached hydrogen (secondary N) is 1. The predicted octanol–water partition coefficient (Wildman–Crippen LogP) is 6.94. The van der Waals surface area contributed by atoms with Crippen LogP contribution >= 0.6 is 34.8 Å². The standard InChI is InChI=1S/C23H22Cl3NO3/c1-29-22-10-4-15(12-23(22)30-2)21(28)13-20(14-3-9-18(25)19(26)11-14)27-17-7-5-16(24)6-8-17/h3-12,20-21,27-28H,13H2,1-2H3. The number of hydrogen-bond acceptors (Lipinski definition) is 4. The molecule has 0 aliphatic carbocycles. The highest BCUT2D eigenvalue weighted by atomic mass is 35.5. The van der Waals surface area contributed by atoms with E-state index in [4.69, 9.17) is 44.3 Å². The lowest BCUT2D eigenvalue weighted by atomic mass is 9.96. The van der Waals surface area contributed by atoms with Gasteiger partial charge in [0.2, 0.25) is 0 Å². The minimum atomic E-state index is -0.760. The summed E-state index contributed by atoms with van der Waals surface area (Å²) in [6.07, 6.45) is -0.375. The van der Waals surface area contributed by atoms with Crippen LogP contribution in [0.15, 0.2) is 60.7 Å². The van der Waals surface area contributed by atoms with Gasteiger partial charge in [-0.2, -0.15) is 0 Å². The van der Waals surface area contributed by atoms with Gasteiger partial charge in [0.05, 0.1) is 36.4 Å². The van der Waals surface area contributed by atoms with Crippen molar-refractivity contribution in [2.24, 2.45) is 0 Å². The zero-order valence-corrected chi connectivity index (χ0v) is 18.8. The van der Waals surface area contributed by atoms with Gasteiger partial charge in [-0.3, -0.25) is 0 Å². The lowest BCUT2D eigenvalue weighted by molar-refractivity contribution is 0.160. The predicted molar refractivity (Wildman–Crippen MR) is 123 cm³/mol. The summed E-state index contributed by atoms with van der Waals surface area (Å²) in [6, 6.07) is 18.0. The van der Waals surface area contributed by atoms with Crippen LogP contribution in [0, 0.1) is 0 Å². The van der Waals surface area contributed by atoms with Crippen LogP contribution < -0.4 is 14.8 Å². The highest BCUT2D eigenvalue weighted by molar-refractivity contribution is 6.42. The fraction of sp³-hybridized carbons (Fsp3) is 0.217. The first kappa shape index (κ1) is 22.6. The van der Waals surface area contributed by atoms with Crippen LogP contribution in [0.1, 0.15) is 29.7 Å². The van der Waals surface area contributed by atoms with E-state index in [1.54, 1.807) is 50.6 Å². The van der Waals surface area contributed by atoms with Crippen LogP contribution in [0.4, 0.5) is 5.69 Å². The van der Waals surface area contributed by atoms with Gasteiger partial charge < -0.3 is 19.9 Å². The Bertz CT molecular complexity index is 995. The van der Waals surface area contributed by atoms with Crippen LogP contribution in [0.25, 0.3) is 0 Å². The van der Waals surface area contributed by atoms with Crippen molar-refractivity contribution < 1.29 is 14.6 Å². The molecule has 0 spiro atoms. The van der Waals surface area contributed by atoms with Crippen molar-refractivity contribution in [2.45, 2.75) is 18.6 Å². The highest BCUT2D eigenvalue weighted by Gasteiger charge is 2.20. The van der Waals surface area contributed by atoms with Crippen LogP contribution in [-0.4, -0.2) is 19.3 Å². The zero-order valence-electron chi connectivity index (χ0n) is 16.5. The highest BCUT2D eigenvalue weighted by Crippen LogP contribution is 2.36. The maximum absolute atomic E-state index is 11.0. The van der Waals surface area contributed by atoms with Crippen LogP contribution in [0.5, 0.6) is 11.5 Å². The number of benzene rings is 3. The molecule has 2 N–H and O–H groups in total. The Morgan fingerprint density at radius 3 is 2.10 bits per heavy atom. The van der Waals surface area contributed by atoms with Crippen molar-refractivity contribution >= 4 is 40.5 Å². The molecule has 0 aliphatic rings. The van der Waals surface area contributed by atoms with Gasteiger partial charge in [0.1, 0.15) is 0 Å². The average molecular weight is 467 g/mol. The summed E-state index contributed by atoms with van der Waals surface area (Å²) >= 11 is 18.3. The summed E-state index contributed by atoms with van der Waals surface area (Å²) in [5.74, 6) is 1.17. The molecule has 0 radical (unpaired) electrons. The molecule has 3 aromatic rings. The van der Waals surface area contributed by atoms with Crippen molar-refractivity contribution in [3.63, 3.8) is 0 Å². The maximum atomic E-state index is 11.0. The maximum Gasteiger partial charge on any atom is 0.161 e. The fourth-order valence-corrected chi connectivity index (χ4v) is 3.61. The van der Waals surface area contributed by atoms with Crippen molar-refractivity contribution in [3.05, 3.63) is 86.9 Å². The third-order valence-corrected chi connectivity index (χ3v) is 5.77. The molecule has 0 saturated carbocycles. The molecule has 3 aromatic carbocycles. The molecule has 0 bridgehead atoms. The molecule has 7 heteroatoms. The van der Waals surface area contributed by atoms with E-state index in [2.05, 4.69) is 5.32 Å². The van der Waals surface area contributed by atoms with E-state index in [9.17, 15) is 5.11 Å². The largest absolute Gasteiger partial charge is 0.493 e. The fourth-order valence-electron chi connectivity index (χ4n) is 3.17. The van der Waals surface area contributed by atoms with E-state index in [1.165, 1.54) is 0 Å². The number of ether oxygens (including phenoxy) is 2. The molecular weight excluding hydrogens is 445 g/mol. The van der Waals surface area contributed by atoms with Crippen LogP contribution in [0.2, 0.25) is 15.1 Å². The molecule has 158 valence electrons.